The molecule has 7 heteroatoms. The third kappa shape index (κ3) is 6.16. The largest absolute Gasteiger partial charge is 0.350 e. The van der Waals surface area contributed by atoms with Gasteiger partial charge in [-0.1, -0.05) is 32.0 Å². The number of para-hydroxylation sites is 1. The van der Waals surface area contributed by atoms with Gasteiger partial charge in [-0.25, -0.2) is 4.98 Å². The molecule has 1 heterocycles. The molecule has 0 aliphatic rings. The van der Waals surface area contributed by atoms with Crippen molar-refractivity contribution < 1.29 is 4.79 Å². The van der Waals surface area contributed by atoms with Crippen LogP contribution in [0.2, 0.25) is 0 Å². The number of benzene rings is 1. The monoisotopic (exact) mass is 398 g/mol. The van der Waals surface area contributed by atoms with Gasteiger partial charge in [-0.15, -0.1) is 24.8 Å². The van der Waals surface area contributed by atoms with Crippen LogP contribution in [0.1, 0.15) is 37.0 Å². The zero-order valence-electron chi connectivity index (χ0n) is 15.4. The fourth-order valence-corrected chi connectivity index (χ4v) is 2.36. The van der Waals surface area contributed by atoms with Crippen molar-refractivity contribution in [1.29, 1.82) is 0 Å². The van der Waals surface area contributed by atoms with Crippen LogP contribution in [0.5, 0.6) is 0 Å². The first-order valence-electron chi connectivity index (χ1n) is 8.31. The molecule has 0 unspecified atom stereocenters. The van der Waals surface area contributed by atoms with Gasteiger partial charge in [0.15, 0.2) is 0 Å². The highest BCUT2D eigenvalue weighted by molar-refractivity contribution is 5.94. The summed E-state index contributed by atoms with van der Waals surface area (Å²) in [6.45, 7) is 4.53. The molecular formula is C19H28Cl2N4O. The van der Waals surface area contributed by atoms with Gasteiger partial charge in [-0.05, 0) is 37.1 Å². The van der Waals surface area contributed by atoms with Crippen LogP contribution in [-0.4, -0.2) is 30.0 Å². The van der Waals surface area contributed by atoms with Crippen molar-refractivity contribution in [3.63, 3.8) is 0 Å². The second-order valence-corrected chi connectivity index (χ2v) is 6.05. The van der Waals surface area contributed by atoms with Crippen LogP contribution in [0.15, 0.2) is 48.7 Å². The van der Waals surface area contributed by atoms with E-state index in [0.29, 0.717) is 12.1 Å². The Morgan fingerprint density at radius 1 is 1.12 bits per heavy atom. The number of aromatic nitrogens is 1. The van der Waals surface area contributed by atoms with E-state index in [4.69, 9.17) is 5.73 Å². The topological polar surface area (TPSA) is 71.2 Å². The Labute approximate surface area is 168 Å². The first-order chi connectivity index (χ1) is 11.5. The summed E-state index contributed by atoms with van der Waals surface area (Å²) in [7, 11) is 1.95. The second-order valence-electron chi connectivity index (χ2n) is 6.05. The Kier molecular flexibility index (Phi) is 10.2. The van der Waals surface area contributed by atoms with Crippen molar-refractivity contribution in [2.24, 2.45) is 5.73 Å². The predicted molar refractivity (Wildman–Crippen MR) is 113 cm³/mol. The van der Waals surface area contributed by atoms with Crippen LogP contribution in [0.25, 0.3) is 0 Å². The van der Waals surface area contributed by atoms with E-state index in [1.165, 1.54) is 0 Å². The Morgan fingerprint density at radius 3 is 2.23 bits per heavy atom. The third-order valence-corrected chi connectivity index (χ3v) is 4.51. The lowest BCUT2D eigenvalue weighted by atomic mass is 9.94. The summed E-state index contributed by atoms with van der Waals surface area (Å²) in [6, 6.07) is 13.6. The molecule has 0 atom stereocenters. The molecule has 1 aromatic carbocycles. The normalized spacial score (nSPS) is 10.3. The molecule has 1 amide bonds. The number of hydrogen-bond donors (Lipinski definition) is 2. The molecule has 144 valence electrons. The van der Waals surface area contributed by atoms with E-state index in [1.807, 2.05) is 62.2 Å². The molecule has 2 rings (SSSR count). The van der Waals surface area contributed by atoms with Gasteiger partial charge in [0.2, 0.25) is 0 Å². The van der Waals surface area contributed by atoms with Gasteiger partial charge < -0.3 is 16.0 Å². The number of carbonyl (C=O) groups excluding carboxylic acids is 1. The van der Waals surface area contributed by atoms with Crippen LogP contribution in [0.3, 0.4) is 0 Å². The molecule has 5 nitrogen and oxygen atoms in total. The van der Waals surface area contributed by atoms with E-state index >= 15 is 0 Å². The Hall–Kier alpha value is -1.82. The molecule has 26 heavy (non-hydrogen) atoms. The lowest BCUT2D eigenvalue weighted by molar-refractivity contribution is 0.0942. The zero-order chi connectivity index (χ0) is 17.6. The maximum absolute atomic E-state index is 12.3. The first-order valence-corrected chi connectivity index (χ1v) is 8.31. The Bertz CT molecular complexity index is 661. The fourth-order valence-electron chi connectivity index (χ4n) is 2.36. The Balaban J connectivity index is 0.00000312. The zero-order valence-corrected chi connectivity index (χ0v) is 17.1. The minimum atomic E-state index is -0.351. The van der Waals surface area contributed by atoms with E-state index < -0.39 is 0 Å². The van der Waals surface area contributed by atoms with Crippen LogP contribution in [0, 0.1) is 0 Å². The molecule has 3 N–H and O–H groups in total. The molecule has 0 bridgehead atoms. The lowest BCUT2D eigenvalue weighted by Gasteiger charge is -2.26. The molecular weight excluding hydrogens is 371 g/mol. The van der Waals surface area contributed by atoms with Gasteiger partial charge in [-0.3, -0.25) is 4.79 Å². The maximum atomic E-state index is 12.3. The van der Waals surface area contributed by atoms with E-state index in [2.05, 4.69) is 10.3 Å². The number of hydrogen-bond acceptors (Lipinski definition) is 4. The number of nitrogens with one attached hydrogen (secondary N) is 1. The van der Waals surface area contributed by atoms with Crippen molar-refractivity contribution in [1.82, 2.24) is 10.3 Å². The summed E-state index contributed by atoms with van der Waals surface area (Å²) < 4.78 is 0. The van der Waals surface area contributed by atoms with Crippen LogP contribution >= 0.6 is 24.8 Å². The van der Waals surface area contributed by atoms with Crippen molar-refractivity contribution in [3.05, 3.63) is 54.2 Å². The van der Waals surface area contributed by atoms with Crippen molar-refractivity contribution in [2.45, 2.75) is 32.2 Å². The number of rotatable bonds is 7. The van der Waals surface area contributed by atoms with Crippen LogP contribution in [-0.2, 0) is 0 Å². The molecule has 1 aromatic heterocycles. The highest BCUT2D eigenvalue weighted by Gasteiger charge is 2.21. The summed E-state index contributed by atoms with van der Waals surface area (Å²) in [6.07, 6.45) is 3.24. The summed E-state index contributed by atoms with van der Waals surface area (Å²) in [5.74, 6) is 0.640. The Morgan fingerprint density at radius 2 is 1.73 bits per heavy atom. The summed E-state index contributed by atoms with van der Waals surface area (Å²) >= 11 is 0. The smallest absolute Gasteiger partial charge is 0.252 e. The minimum Gasteiger partial charge on any atom is -0.350 e. The summed E-state index contributed by atoms with van der Waals surface area (Å²) in [5, 5.41) is 2.90. The van der Waals surface area contributed by atoms with E-state index in [0.717, 1.165) is 24.3 Å². The number of anilines is 2. The third-order valence-electron chi connectivity index (χ3n) is 4.51. The number of halogens is 2. The average molecular weight is 399 g/mol. The maximum Gasteiger partial charge on any atom is 0.252 e. The highest BCUT2D eigenvalue weighted by Crippen LogP contribution is 2.21. The number of nitrogens with zero attached hydrogens (tertiary/aromatic N) is 2. The number of pyridine rings is 1. The van der Waals surface area contributed by atoms with E-state index in [-0.39, 0.29) is 36.3 Å². The lowest BCUT2D eigenvalue weighted by Crippen LogP contribution is -2.49. The quantitative estimate of drug-likeness (QED) is 0.740. The molecule has 2 aromatic rings. The van der Waals surface area contributed by atoms with Gasteiger partial charge in [0.1, 0.15) is 5.82 Å². The number of carbonyl (C=O) groups is 1. The second kappa shape index (κ2) is 11.0. The van der Waals surface area contributed by atoms with E-state index in [9.17, 15) is 4.79 Å². The summed E-state index contributed by atoms with van der Waals surface area (Å²) in [4.78, 5) is 18.6. The predicted octanol–water partition coefficient (Wildman–Crippen LogP) is 3.94. The molecule has 0 spiro atoms. The number of amides is 1. The van der Waals surface area contributed by atoms with Gasteiger partial charge >= 0.3 is 0 Å². The van der Waals surface area contributed by atoms with Gasteiger partial charge in [0.05, 0.1) is 5.56 Å². The highest BCUT2D eigenvalue weighted by atomic mass is 35.5. The summed E-state index contributed by atoms with van der Waals surface area (Å²) in [5.41, 5.74) is 7.44. The van der Waals surface area contributed by atoms with Crippen LogP contribution in [0.4, 0.5) is 11.5 Å². The minimum absolute atomic E-state index is 0. The standard InChI is InChI=1S/C19H26N4O.2ClH/c1-4-19(20,5-2)14-22-18(24)15-11-12-17(21-13-15)23(3)16-9-7-6-8-10-16;;/h6-13H,4-5,14,20H2,1-3H3,(H,22,24);2*1H. The van der Waals surface area contributed by atoms with Crippen molar-refractivity contribution >= 4 is 42.2 Å². The molecule has 0 saturated heterocycles. The molecule has 0 aliphatic carbocycles. The number of nitrogens with two attached hydrogens (primary N) is 1. The van der Waals surface area contributed by atoms with Crippen molar-refractivity contribution in [3.8, 4) is 0 Å². The SMILES string of the molecule is CCC(N)(CC)CNC(=O)c1ccc(N(C)c2ccccc2)nc1.Cl.Cl. The van der Waals surface area contributed by atoms with Gasteiger partial charge in [0.25, 0.3) is 5.91 Å². The van der Waals surface area contributed by atoms with Crippen LogP contribution < -0.4 is 16.0 Å². The van der Waals surface area contributed by atoms with Gasteiger partial charge in [0, 0.05) is 31.0 Å². The molecule has 0 radical (unpaired) electrons. The molecule has 0 aliphatic heterocycles. The van der Waals surface area contributed by atoms with E-state index in [1.54, 1.807) is 12.3 Å². The average Bonchev–Trinajstić information content (AvgIpc) is 2.66. The fraction of sp³-hybridized carbons (Fsp3) is 0.368. The van der Waals surface area contributed by atoms with Crippen molar-refractivity contribution in [2.75, 3.05) is 18.5 Å². The first kappa shape index (κ1) is 24.2. The van der Waals surface area contributed by atoms with Gasteiger partial charge in [-0.2, -0.15) is 0 Å². The molecule has 0 saturated carbocycles. The molecule has 0 fully saturated rings.